The summed E-state index contributed by atoms with van der Waals surface area (Å²) in [7, 11) is 0. The zero-order valence-electron chi connectivity index (χ0n) is 9.85. The largest absolute Gasteiger partial charge is 0.299 e. The maximum Gasteiger partial charge on any atom is 0.142 e. The number of nitrogens with zero attached hydrogens (tertiary/aromatic N) is 2. The quantitative estimate of drug-likeness (QED) is 0.807. The molecule has 1 aliphatic heterocycles. The maximum absolute atomic E-state index is 11.9. The minimum absolute atomic E-state index is 0.272. The Bertz CT molecular complexity index is 367. The van der Waals surface area contributed by atoms with Crippen molar-refractivity contribution in [3.63, 3.8) is 0 Å². The van der Waals surface area contributed by atoms with Crippen molar-refractivity contribution in [2.24, 2.45) is 5.92 Å². The van der Waals surface area contributed by atoms with E-state index in [0.717, 1.165) is 23.6 Å². The van der Waals surface area contributed by atoms with E-state index in [0.29, 0.717) is 18.2 Å². The second-order valence-electron chi connectivity index (χ2n) is 4.58. The van der Waals surface area contributed by atoms with Gasteiger partial charge in [-0.2, -0.15) is 16.9 Å². The van der Waals surface area contributed by atoms with Gasteiger partial charge in [0.1, 0.15) is 5.78 Å². The Morgan fingerprint density at radius 2 is 2.50 bits per heavy atom. The average Bonchev–Trinajstić information content (AvgIpc) is 2.87. The highest BCUT2D eigenvalue weighted by atomic mass is 32.2. The molecular formula is C12H18N2OS. The third kappa shape index (κ3) is 2.67. The molecule has 88 valence electrons. The highest BCUT2D eigenvalue weighted by molar-refractivity contribution is 7.99. The van der Waals surface area contributed by atoms with Gasteiger partial charge in [0.15, 0.2) is 0 Å². The second-order valence-corrected chi connectivity index (χ2v) is 5.73. The van der Waals surface area contributed by atoms with Crippen molar-refractivity contribution in [3.05, 3.63) is 18.0 Å². The number of ketones is 1. The molecule has 0 N–H and O–H groups in total. The predicted octanol–water partition coefficient (Wildman–Crippen LogP) is 2.33. The van der Waals surface area contributed by atoms with Crippen molar-refractivity contribution in [1.29, 1.82) is 0 Å². The van der Waals surface area contributed by atoms with Gasteiger partial charge in [-0.3, -0.25) is 9.48 Å². The Labute approximate surface area is 101 Å². The molecule has 0 radical (unpaired) electrons. The molecule has 0 spiro atoms. The summed E-state index contributed by atoms with van der Waals surface area (Å²) in [6, 6.07) is 2.32. The molecule has 1 aliphatic rings. The molecule has 16 heavy (non-hydrogen) atoms. The van der Waals surface area contributed by atoms with Gasteiger partial charge in [-0.1, -0.05) is 0 Å². The van der Waals surface area contributed by atoms with Crippen LogP contribution in [-0.4, -0.2) is 27.1 Å². The minimum atomic E-state index is 0.272. The molecule has 1 saturated heterocycles. The Morgan fingerprint density at radius 3 is 3.06 bits per heavy atom. The number of thioether (sulfide) groups is 1. The number of carbonyl (C=O) groups is 1. The van der Waals surface area contributed by atoms with Crippen LogP contribution in [0.1, 0.15) is 32.0 Å². The Hall–Kier alpha value is -0.770. The van der Waals surface area contributed by atoms with E-state index in [9.17, 15) is 4.79 Å². The molecule has 0 saturated carbocycles. The predicted molar refractivity (Wildman–Crippen MR) is 66.8 cm³/mol. The molecule has 0 amide bonds. The minimum Gasteiger partial charge on any atom is -0.299 e. The molecule has 1 fully saturated rings. The topological polar surface area (TPSA) is 34.9 Å². The molecule has 2 heterocycles. The Morgan fingerprint density at radius 1 is 1.69 bits per heavy atom. The van der Waals surface area contributed by atoms with E-state index in [1.807, 2.05) is 28.7 Å². The van der Waals surface area contributed by atoms with Gasteiger partial charge in [0.05, 0.1) is 12.1 Å². The normalized spacial score (nSPS) is 20.6. The van der Waals surface area contributed by atoms with Crippen molar-refractivity contribution < 1.29 is 4.79 Å². The second kappa shape index (κ2) is 5.04. The third-order valence-corrected chi connectivity index (χ3v) is 4.10. The molecule has 1 aromatic heterocycles. The van der Waals surface area contributed by atoms with Crippen LogP contribution in [0, 0.1) is 5.92 Å². The zero-order valence-corrected chi connectivity index (χ0v) is 10.7. The Balaban J connectivity index is 1.95. The molecule has 0 bridgehead atoms. The van der Waals surface area contributed by atoms with Crippen molar-refractivity contribution in [1.82, 2.24) is 9.78 Å². The summed E-state index contributed by atoms with van der Waals surface area (Å²) in [6.07, 6.45) is 3.51. The summed E-state index contributed by atoms with van der Waals surface area (Å²) in [5.74, 6) is 2.77. The smallest absolute Gasteiger partial charge is 0.142 e. The number of aromatic nitrogens is 2. The van der Waals surface area contributed by atoms with E-state index in [-0.39, 0.29) is 5.92 Å². The van der Waals surface area contributed by atoms with E-state index in [2.05, 4.69) is 18.9 Å². The van der Waals surface area contributed by atoms with Crippen LogP contribution in [-0.2, 0) is 11.2 Å². The first-order chi connectivity index (χ1) is 7.66. The highest BCUT2D eigenvalue weighted by Crippen LogP contribution is 2.25. The average molecular weight is 238 g/mol. The number of Topliss-reactive ketones (excluding diaryl/α,β-unsaturated/α-hetero) is 1. The molecule has 0 aliphatic carbocycles. The van der Waals surface area contributed by atoms with Crippen LogP contribution < -0.4 is 0 Å². The lowest BCUT2D eigenvalue weighted by Gasteiger charge is -2.06. The van der Waals surface area contributed by atoms with Crippen molar-refractivity contribution >= 4 is 17.5 Å². The molecule has 1 unspecified atom stereocenters. The zero-order chi connectivity index (χ0) is 11.5. The maximum atomic E-state index is 11.9. The number of rotatable bonds is 4. The van der Waals surface area contributed by atoms with Crippen molar-refractivity contribution in [2.45, 2.75) is 32.7 Å². The first-order valence-electron chi connectivity index (χ1n) is 5.81. The number of hydrogen-bond acceptors (Lipinski definition) is 3. The first-order valence-corrected chi connectivity index (χ1v) is 6.97. The van der Waals surface area contributed by atoms with Gasteiger partial charge in [-0.25, -0.2) is 0 Å². The molecule has 3 nitrogen and oxygen atoms in total. The molecule has 2 rings (SSSR count). The molecule has 1 atom stereocenters. The third-order valence-electron chi connectivity index (χ3n) is 2.93. The lowest BCUT2D eigenvalue weighted by molar-refractivity contribution is -0.121. The van der Waals surface area contributed by atoms with Gasteiger partial charge in [-0.15, -0.1) is 0 Å². The van der Waals surface area contributed by atoms with Crippen LogP contribution >= 0.6 is 11.8 Å². The Kier molecular flexibility index (Phi) is 3.69. The van der Waals surface area contributed by atoms with E-state index in [1.54, 1.807) is 0 Å². The highest BCUT2D eigenvalue weighted by Gasteiger charge is 2.23. The van der Waals surface area contributed by atoms with Crippen LogP contribution in [0.4, 0.5) is 0 Å². The fourth-order valence-electron chi connectivity index (χ4n) is 1.87. The molecular weight excluding hydrogens is 220 g/mol. The van der Waals surface area contributed by atoms with Crippen LogP contribution in [0.2, 0.25) is 0 Å². The fourth-order valence-corrected chi connectivity index (χ4v) is 3.13. The summed E-state index contributed by atoms with van der Waals surface area (Å²) >= 11 is 1.88. The van der Waals surface area contributed by atoms with Crippen molar-refractivity contribution in [2.75, 3.05) is 11.5 Å². The monoisotopic (exact) mass is 238 g/mol. The summed E-state index contributed by atoms with van der Waals surface area (Å²) in [6.45, 7) is 4.18. The van der Waals surface area contributed by atoms with Crippen LogP contribution in [0.25, 0.3) is 0 Å². The van der Waals surface area contributed by atoms with Crippen LogP contribution in [0.3, 0.4) is 0 Å². The van der Waals surface area contributed by atoms with E-state index >= 15 is 0 Å². The van der Waals surface area contributed by atoms with Gasteiger partial charge in [0.2, 0.25) is 0 Å². The fraction of sp³-hybridized carbons (Fsp3) is 0.667. The number of carbonyl (C=O) groups excluding carboxylic acids is 1. The van der Waals surface area contributed by atoms with Crippen molar-refractivity contribution in [3.8, 4) is 0 Å². The summed E-state index contributed by atoms with van der Waals surface area (Å²) in [5, 5.41) is 4.41. The molecule has 1 aromatic rings. The van der Waals surface area contributed by atoms with Gasteiger partial charge in [-0.05, 0) is 32.1 Å². The molecule has 0 aromatic carbocycles. The van der Waals surface area contributed by atoms with Gasteiger partial charge < -0.3 is 0 Å². The van der Waals surface area contributed by atoms with E-state index in [4.69, 9.17) is 0 Å². The standard InChI is InChI=1S/C12H18N2OS/c1-9(2)14-5-3-11(13-14)7-12(15)10-4-6-16-8-10/h3,5,9-10H,4,6-8H2,1-2H3. The summed E-state index contributed by atoms with van der Waals surface area (Å²) in [4.78, 5) is 11.9. The SMILES string of the molecule is CC(C)n1ccc(CC(=O)C2CCSC2)n1. The van der Waals surface area contributed by atoms with E-state index in [1.165, 1.54) is 0 Å². The van der Waals surface area contributed by atoms with Crippen LogP contribution in [0.15, 0.2) is 12.3 Å². The van der Waals surface area contributed by atoms with E-state index < -0.39 is 0 Å². The van der Waals surface area contributed by atoms with Crippen LogP contribution in [0.5, 0.6) is 0 Å². The lowest BCUT2D eigenvalue weighted by atomic mass is 10.0. The van der Waals surface area contributed by atoms with Gasteiger partial charge >= 0.3 is 0 Å². The van der Waals surface area contributed by atoms with Gasteiger partial charge in [0, 0.05) is 23.9 Å². The summed E-state index contributed by atoms with van der Waals surface area (Å²) < 4.78 is 1.91. The number of hydrogen-bond donors (Lipinski definition) is 0. The molecule has 4 heteroatoms. The first kappa shape index (κ1) is 11.7. The van der Waals surface area contributed by atoms with Gasteiger partial charge in [0.25, 0.3) is 0 Å². The lowest BCUT2D eigenvalue weighted by Crippen LogP contribution is -2.16. The summed E-state index contributed by atoms with van der Waals surface area (Å²) in [5.41, 5.74) is 0.913.